The Labute approximate surface area is 153 Å². The number of hydrogen-bond acceptors (Lipinski definition) is 4. The zero-order valence-electron chi connectivity index (χ0n) is 15.0. The quantitative estimate of drug-likeness (QED) is 0.874. The van der Waals surface area contributed by atoms with E-state index in [0.717, 1.165) is 61.5 Å². The van der Waals surface area contributed by atoms with E-state index in [-0.39, 0.29) is 5.92 Å². The van der Waals surface area contributed by atoms with Crippen molar-refractivity contribution in [2.24, 2.45) is 5.92 Å². The fourth-order valence-corrected chi connectivity index (χ4v) is 4.17. The highest BCUT2D eigenvalue weighted by Gasteiger charge is 2.26. The molecule has 138 valence electrons. The van der Waals surface area contributed by atoms with E-state index in [2.05, 4.69) is 44.3 Å². The summed E-state index contributed by atoms with van der Waals surface area (Å²) in [5.74, 6) is 1.23. The smallest absolute Gasteiger partial charge is 0.306 e. The number of aliphatic carboxylic acids is 1. The molecule has 0 atom stereocenters. The molecule has 0 unspecified atom stereocenters. The lowest BCUT2D eigenvalue weighted by atomic mass is 9.86. The van der Waals surface area contributed by atoms with Crippen LogP contribution in [0.15, 0.2) is 24.3 Å². The molecule has 1 fully saturated rings. The maximum atomic E-state index is 11.1. The van der Waals surface area contributed by atoms with E-state index in [0.29, 0.717) is 6.04 Å². The molecule has 2 aliphatic rings. The summed E-state index contributed by atoms with van der Waals surface area (Å²) in [4.78, 5) is 11.1. The second-order valence-corrected chi connectivity index (χ2v) is 7.51. The van der Waals surface area contributed by atoms with E-state index in [1.54, 1.807) is 0 Å². The number of hydrogen-bond donors (Lipinski definition) is 2. The third-order valence-electron chi connectivity index (χ3n) is 5.68. The first-order valence-electron chi connectivity index (χ1n) is 9.72. The third kappa shape index (κ3) is 3.59. The van der Waals surface area contributed by atoms with Crippen LogP contribution in [0.1, 0.15) is 50.8 Å². The van der Waals surface area contributed by atoms with Crippen molar-refractivity contribution in [3.8, 4) is 11.4 Å². The normalized spacial score (nSPS) is 23.1. The molecule has 0 amide bonds. The molecule has 6 nitrogen and oxygen atoms in total. The first-order chi connectivity index (χ1) is 12.7. The van der Waals surface area contributed by atoms with Gasteiger partial charge in [-0.1, -0.05) is 18.6 Å². The first kappa shape index (κ1) is 17.1. The predicted molar refractivity (Wildman–Crippen MR) is 100 cm³/mol. The zero-order valence-corrected chi connectivity index (χ0v) is 15.0. The van der Waals surface area contributed by atoms with Crippen LogP contribution in [-0.2, 0) is 17.8 Å². The van der Waals surface area contributed by atoms with E-state index in [1.807, 2.05) is 0 Å². The molecule has 0 bridgehead atoms. The Morgan fingerprint density at radius 3 is 2.77 bits per heavy atom. The highest BCUT2D eigenvalue weighted by molar-refractivity contribution is 5.70. The van der Waals surface area contributed by atoms with Crippen molar-refractivity contribution >= 4 is 11.7 Å². The van der Waals surface area contributed by atoms with Crippen LogP contribution in [0.25, 0.3) is 11.4 Å². The average molecular weight is 354 g/mol. The molecule has 0 saturated heterocycles. The van der Waals surface area contributed by atoms with Crippen LogP contribution >= 0.6 is 0 Å². The molecule has 4 rings (SSSR count). The summed E-state index contributed by atoms with van der Waals surface area (Å²) in [5, 5.41) is 21.6. The summed E-state index contributed by atoms with van der Waals surface area (Å²) in [6.45, 7) is 0.995. The number of rotatable bonds is 4. The molecule has 1 saturated carbocycles. The van der Waals surface area contributed by atoms with Gasteiger partial charge in [-0.3, -0.25) is 4.79 Å². The van der Waals surface area contributed by atoms with Crippen LogP contribution in [0.2, 0.25) is 0 Å². The fourth-order valence-electron chi connectivity index (χ4n) is 4.17. The van der Waals surface area contributed by atoms with Crippen LogP contribution in [0, 0.1) is 5.92 Å². The molecule has 2 N–H and O–H groups in total. The number of nitrogens with one attached hydrogen (secondary N) is 1. The van der Waals surface area contributed by atoms with Crippen molar-refractivity contribution < 1.29 is 9.90 Å². The number of fused-ring (bicyclic) bond motifs is 1. The topological polar surface area (TPSA) is 80.0 Å². The van der Waals surface area contributed by atoms with E-state index < -0.39 is 5.97 Å². The average Bonchev–Trinajstić information content (AvgIpc) is 2.91. The van der Waals surface area contributed by atoms with Crippen LogP contribution in [0.3, 0.4) is 0 Å². The maximum Gasteiger partial charge on any atom is 0.306 e. The van der Waals surface area contributed by atoms with Crippen molar-refractivity contribution in [1.29, 1.82) is 0 Å². The van der Waals surface area contributed by atoms with E-state index in [9.17, 15) is 4.79 Å². The number of anilines is 1. The molecule has 1 aromatic heterocycles. The van der Waals surface area contributed by atoms with Gasteiger partial charge in [-0.15, -0.1) is 10.2 Å². The second kappa shape index (κ2) is 7.48. The Balaban J connectivity index is 1.48. The van der Waals surface area contributed by atoms with Crippen molar-refractivity contribution in [2.75, 3.05) is 5.32 Å². The Morgan fingerprint density at radius 2 is 1.96 bits per heavy atom. The van der Waals surface area contributed by atoms with Gasteiger partial charge in [0, 0.05) is 30.3 Å². The standard InChI is InChI=1S/C20H26N4O2/c25-20(26)14-8-10-16(11-9-14)21-17-6-4-5-15(13-17)19-23-22-18-7-2-1-3-12-24(18)19/h4-6,13-14,16,21H,1-3,7-12H2,(H,25,26). The van der Waals surface area contributed by atoms with Gasteiger partial charge in [0.25, 0.3) is 0 Å². The molecule has 1 aliphatic heterocycles. The number of benzene rings is 1. The van der Waals surface area contributed by atoms with Gasteiger partial charge < -0.3 is 15.0 Å². The Hall–Kier alpha value is -2.37. The monoisotopic (exact) mass is 354 g/mol. The second-order valence-electron chi connectivity index (χ2n) is 7.51. The van der Waals surface area contributed by atoms with Gasteiger partial charge in [-0.25, -0.2) is 0 Å². The molecule has 1 aliphatic carbocycles. The van der Waals surface area contributed by atoms with Gasteiger partial charge in [-0.2, -0.15) is 0 Å². The van der Waals surface area contributed by atoms with Gasteiger partial charge in [0.15, 0.2) is 5.82 Å². The summed E-state index contributed by atoms with van der Waals surface area (Å²) >= 11 is 0. The number of nitrogens with zero attached hydrogens (tertiary/aromatic N) is 3. The van der Waals surface area contributed by atoms with Crippen LogP contribution < -0.4 is 5.32 Å². The minimum atomic E-state index is -0.655. The lowest BCUT2D eigenvalue weighted by Gasteiger charge is -2.27. The third-order valence-corrected chi connectivity index (χ3v) is 5.68. The summed E-state index contributed by atoms with van der Waals surface area (Å²) in [5.41, 5.74) is 2.17. The molecule has 26 heavy (non-hydrogen) atoms. The van der Waals surface area contributed by atoms with E-state index in [4.69, 9.17) is 5.11 Å². The summed E-state index contributed by atoms with van der Waals surface area (Å²) in [6, 6.07) is 8.71. The lowest BCUT2D eigenvalue weighted by Crippen LogP contribution is -2.29. The van der Waals surface area contributed by atoms with Crippen molar-refractivity contribution in [2.45, 2.75) is 64.0 Å². The van der Waals surface area contributed by atoms with E-state index in [1.165, 1.54) is 19.3 Å². The minimum absolute atomic E-state index is 0.175. The first-order valence-corrected chi connectivity index (χ1v) is 9.72. The Bertz CT molecular complexity index is 778. The number of carboxylic acids is 1. The number of carboxylic acid groups (broad SMARTS) is 1. The fraction of sp³-hybridized carbons (Fsp3) is 0.550. The molecule has 2 aromatic rings. The van der Waals surface area contributed by atoms with Crippen LogP contribution in [-0.4, -0.2) is 31.9 Å². The predicted octanol–water partition coefficient (Wildman–Crippen LogP) is 3.73. The van der Waals surface area contributed by atoms with Gasteiger partial charge in [-0.05, 0) is 50.7 Å². The lowest BCUT2D eigenvalue weighted by molar-refractivity contribution is -0.142. The number of aryl methyl sites for hydroxylation is 1. The SMILES string of the molecule is O=C(O)C1CCC(Nc2cccc(-c3nnc4n3CCCCC4)c2)CC1. The van der Waals surface area contributed by atoms with Gasteiger partial charge >= 0.3 is 5.97 Å². The number of aromatic nitrogens is 3. The summed E-state index contributed by atoms with van der Waals surface area (Å²) in [7, 11) is 0. The molecule has 0 spiro atoms. The van der Waals surface area contributed by atoms with E-state index >= 15 is 0 Å². The van der Waals surface area contributed by atoms with Gasteiger partial charge in [0.2, 0.25) is 0 Å². The van der Waals surface area contributed by atoms with Crippen LogP contribution in [0.4, 0.5) is 5.69 Å². The molecular weight excluding hydrogens is 328 g/mol. The van der Waals surface area contributed by atoms with Crippen molar-refractivity contribution in [1.82, 2.24) is 14.8 Å². The van der Waals surface area contributed by atoms with Crippen molar-refractivity contribution in [3.05, 3.63) is 30.1 Å². The zero-order chi connectivity index (χ0) is 17.9. The summed E-state index contributed by atoms with van der Waals surface area (Å²) in [6.07, 6.45) is 7.96. The maximum absolute atomic E-state index is 11.1. The highest BCUT2D eigenvalue weighted by Crippen LogP contribution is 2.29. The molecule has 1 aromatic carbocycles. The van der Waals surface area contributed by atoms with Gasteiger partial charge in [0.05, 0.1) is 5.92 Å². The molecule has 0 radical (unpaired) electrons. The van der Waals surface area contributed by atoms with Crippen LogP contribution in [0.5, 0.6) is 0 Å². The molecule has 6 heteroatoms. The largest absolute Gasteiger partial charge is 0.481 e. The summed E-state index contributed by atoms with van der Waals surface area (Å²) < 4.78 is 2.27. The Kier molecular flexibility index (Phi) is 4.91. The minimum Gasteiger partial charge on any atom is -0.481 e. The number of carbonyl (C=O) groups is 1. The van der Waals surface area contributed by atoms with Gasteiger partial charge in [0.1, 0.15) is 5.82 Å². The molecule has 2 heterocycles. The Morgan fingerprint density at radius 1 is 1.12 bits per heavy atom. The molecular formula is C20H26N4O2. The van der Waals surface area contributed by atoms with Crippen molar-refractivity contribution in [3.63, 3.8) is 0 Å². The highest BCUT2D eigenvalue weighted by atomic mass is 16.4.